The molecule has 4 heteroatoms. The van der Waals surface area contributed by atoms with E-state index in [0.717, 1.165) is 25.9 Å². The number of esters is 1. The number of rotatable bonds is 2. The minimum absolute atomic E-state index is 0.272. The molecule has 4 nitrogen and oxygen atoms in total. The lowest BCUT2D eigenvalue weighted by atomic mass is 9.99. The molecule has 1 heterocycles. The van der Waals surface area contributed by atoms with Gasteiger partial charge in [0.15, 0.2) is 0 Å². The highest BCUT2D eigenvalue weighted by Crippen LogP contribution is 2.36. The average Bonchev–Trinajstić information content (AvgIpc) is 3.01. The number of hydrogen-bond donors (Lipinski definition) is 1. The van der Waals surface area contributed by atoms with Gasteiger partial charge in [-0.15, -0.1) is 0 Å². The van der Waals surface area contributed by atoms with Crippen LogP contribution in [0.1, 0.15) is 30.4 Å². The van der Waals surface area contributed by atoms with Crippen molar-refractivity contribution in [1.82, 2.24) is 4.90 Å². The third-order valence-electron chi connectivity index (χ3n) is 4.50. The molecular formula is C15H20N2O2. The van der Waals surface area contributed by atoms with Gasteiger partial charge in [-0.3, -0.25) is 9.69 Å². The van der Waals surface area contributed by atoms with Crippen LogP contribution in [0.25, 0.3) is 0 Å². The second-order valence-electron chi connectivity index (χ2n) is 5.72. The lowest BCUT2D eigenvalue weighted by Crippen LogP contribution is -2.47. The van der Waals surface area contributed by atoms with Gasteiger partial charge in [0.05, 0.1) is 7.11 Å². The quantitative estimate of drug-likeness (QED) is 0.817. The van der Waals surface area contributed by atoms with Crippen molar-refractivity contribution >= 4 is 5.97 Å². The first-order chi connectivity index (χ1) is 9.12. The highest BCUT2D eigenvalue weighted by molar-refractivity contribution is 5.81. The molecule has 1 aliphatic heterocycles. The van der Waals surface area contributed by atoms with Crippen LogP contribution in [-0.4, -0.2) is 29.6 Å². The zero-order chi connectivity index (χ0) is 13.5. The first-order valence-electron chi connectivity index (χ1n) is 6.80. The van der Waals surface area contributed by atoms with E-state index < -0.39 is 5.54 Å². The molecule has 0 amide bonds. The summed E-state index contributed by atoms with van der Waals surface area (Å²) in [7, 11) is 1.41. The Balaban J connectivity index is 1.69. The molecule has 0 saturated heterocycles. The molecule has 1 fully saturated rings. The van der Waals surface area contributed by atoms with Gasteiger partial charge in [0.25, 0.3) is 0 Å². The lowest BCUT2D eigenvalue weighted by molar-refractivity contribution is -0.147. The molecule has 2 aliphatic rings. The van der Waals surface area contributed by atoms with Crippen LogP contribution in [0.3, 0.4) is 0 Å². The number of ether oxygens (including phenoxy) is 1. The first kappa shape index (κ1) is 12.6. The summed E-state index contributed by atoms with van der Waals surface area (Å²) in [6.45, 7) is 1.94. The molecular weight excluding hydrogens is 240 g/mol. The molecule has 1 aliphatic carbocycles. The van der Waals surface area contributed by atoms with Crippen molar-refractivity contribution in [3.63, 3.8) is 0 Å². The fourth-order valence-corrected chi connectivity index (χ4v) is 3.37. The topological polar surface area (TPSA) is 55.6 Å². The van der Waals surface area contributed by atoms with Crippen LogP contribution in [-0.2, 0) is 22.6 Å². The SMILES string of the molecule is COC(=O)C1(N)CCC(N2Cc3ccccc3C2)C1. The minimum atomic E-state index is -0.784. The molecule has 102 valence electrons. The number of carbonyl (C=O) groups is 1. The van der Waals surface area contributed by atoms with Crippen molar-refractivity contribution in [2.75, 3.05) is 7.11 Å². The van der Waals surface area contributed by atoms with Gasteiger partial charge in [-0.2, -0.15) is 0 Å². The fourth-order valence-electron chi connectivity index (χ4n) is 3.37. The van der Waals surface area contributed by atoms with E-state index in [1.807, 2.05) is 0 Å². The van der Waals surface area contributed by atoms with Crippen molar-refractivity contribution in [2.45, 2.75) is 43.9 Å². The summed E-state index contributed by atoms with van der Waals surface area (Å²) >= 11 is 0. The Morgan fingerprint density at radius 1 is 1.37 bits per heavy atom. The van der Waals surface area contributed by atoms with Gasteiger partial charge in [-0.25, -0.2) is 0 Å². The molecule has 19 heavy (non-hydrogen) atoms. The van der Waals surface area contributed by atoms with E-state index in [4.69, 9.17) is 10.5 Å². The second kappa shape index (κ2) is 4.62. The summed E-state index contributed by atoms with van der Waals surface area (Å²) in [5.74, 6) is -0.272. The van der Waals surface area contributed by atoms with Crippen molar-refractivity contribution < 1.29 is 9.53 Å². The Kier molecular flexibility index (Phi) is 3.07. The van der Waals surface area contributed by atoms with Gasteiger partial charge in [-0.1, -0.05) is 24.3 Å². The molecule has 0 radical (unpaired) electrons. The van der Waals surface area contributed by atoms with Crippen molar-refractivity contribution in [1.29, 1.82) is 0 Å². The predicted octanol–water partition coefficient (Wildman–Crippen LogP) is 1.43. The maximum absolute atomic E-state index is 11.7. The van der Waals surface area contributed by atoms with Crippen LogP contribution in [0.15, 0.2) is 24.3 Å². The normalized spacial score (nSPS) is 30.3. The Bertz CT molecular complexity index is 478. The molecule has 2 N–H and O–H groups in total. The summed E-state index contributed by atoms with van der Waals surface area (Å²) < 4.78 is 4.83. The van der Waals surface area contributed by atoms with Crippen molar-refractivity contribution in [3.05, 3.63) is 35.4 Å². The van der Waals surface area contributed by atoms with Crippen LogP contribution in [0.5, 0.6) is 0 Å². The van der Waals surface area contributed by atoms with Gasteiger partial charge in [0, 0.05) is 19.1 Å². The highest BCUT2D eigenvalue weighted by atomic mass is 16.5. The summed E-state index contributed by atoms with van der Waals surface area (Å²) in [5, 5.41) is 0. The summed E-state index contributed by atoms with van der Waals surface area (Å²) in [6.07, 6.45) is 2.39. The van der Waals surface area contributed by atoms with Gasteiger partial charge < -0.3 is 10.5 Å². The average molecular weight is 260 g/mol. The number of benzene rings is 1. The van der Waals surface area contributed by atoms with Gasteiger partial charge in [0.1, 0.15) is 5.54 Å². The zero-order valence-electron chi connectivity index (χ0n) is 11.3. The Morgan fingerprint density at radius 2 is 2.00 bits per heavy atom. The number of hydrogen-bond acceptors (Lipinski definition) is 4. The van der Waals surface area contributed by atoms with Gasteiger partial charge >= 0.3 is 5.97 Å². The molecule has 0 bridgehead atoms. The highest BCUT2D eigenvalue weighted by Gasteiger charge is 2.45. The lowest BCUT2D eigenvalue weighted by Gasteiger charge is -2.25. The number of nitrogens with two attached hydrogens (primary N) is 1. The predicted molar refractivity (Wildman–Crippen MR) is 72.3 cm³/mol. The van der Waals surface area contributed by atoms with Crippen LogP contribution in [0.2, 0.25) is 0 Å². The van der Waals surface area contributed by atoms with Crippen molar-refractivity contribution in [3.8, 4) is 0 Å². The van der Waals surface area contributed by atoms with E-state index >= 15 is 0 Å². The van der Waals surface area contributed by atoms with Crippen LogP contribution >= 0.6 is 0 Å². The standard InChI is InChI=1S/C15H20N2O2/c1-19-14(18)15(16)7-6-13(8-15)17-9-11-4-2-3-5-12(11)10-17/h2-5,13H,6-10,16H2,1H3. The maximum Gasteiger partial charge on any atom is 0.325 e. The Morgan fingerprint density at radius 3 is 2.58 bits per heavy atom. The molecule has 0 aromatic heterocycles. The second-order valence-corrected chi connectivity index (χ2v) is 5.72. The van der Waals surface area contributed by atoms with Crippen LogP contribution < -0.4 is 5.73 Å². The van der Waals surface area contributed by atoms with Gasteiger partial charge in [0.2, 0.25) is 0 Å². The number of nitrogens with zero attached hydrogens (tertiary/aromatic N) is 1. The van der Waals surface area contributed by atoms with E-state index in [1.165, 1.54) is 18.2 Å². The Hall–Kier alpha value is -1.39. The van der Waals surface area contributed by atoms with E-state index in [0.29, 0.717) is 12.5 Å². The molecule has 1 aromatic rings. The minimum Gasteiger partial charge on any atom is -0.468 e. The van der Waals surface area contributed by atoms with E-state index in [1.54, 1.807) is 0 Å². The maximum atomic E-state index is 11.7. The molecule has 1 aromatic carbocycles. The molecule has 1 saturated carbocycles. The van der Waals surface area contributed by atoms with E-state index in [9.17, 15) is 4.79 Å². The van der Waals surface area contributed by atoms with Crippen LogP contribution in [0.4, 0.5) is 0 Å². The number of carbonyl (C=O) groups excluding carboxylic acids is 1. The van der Waals surface area contributed by atoms with E-state index in [-0.39, 0.29) is 5.97 Å². The summed E-state index contributed by atoms with van der Waals surface area (Å²) in [4.78, 5) is 14.2. The summed E-state index contributed by atoms with van der Waals surface area (Å²) in [6, 6.07) is 8.91. The molecule has 2 unspecified atom stereocenters. The third kappa shape index (κ3) is 2.15. The third-order valence-corrected chi connectivity index (χ3v) is 4.50. The monoisotopic (exact) mass is 260 g/mol. The zero-order valence-corrected chi connectivity index (χ0v) is 11.3. The first-order valence-corrected chi connectivity index (χ1v) is 6.80. The number of fused-ring (bicyclic) bond motifs is 1. The number of methoxy groups -OCH3 is 1. The van der Waals surface area contributed by atoms with Crippen molar-refractivity contribution in [2.24, 2.45) is 5.73 Å². The van der Waals surface area contributed by atoms with E-state index in [2.05, 4.69) is 29.2 Å². The summed E-state index contributed by atoms with van der Waals surface area (Å²) in [5.41, 5.74) is 8.19. The van der Waals surface area contributed by atoms with Gasteiger partial charge in [-0.05, 0) is 30.4 Å². The molecule has 3 rings (SSSR count). The molecule has 0 spiro atoms. The molecule has 2 atom stereocenters. The smallest absolute Gasteiger partial charge is 0.325 e. The van der Waals surface area contributed by atoms with Crippen LogP contribution in [0, 0.1) is 0 Å². The fraction of sp³-hybridized carbons (Fsp3) is 0.533. The Labute approximate surface area is 113 Å². The largest absolute Gasteiger partial charge is 0.468 e.